The minimum Gasteiger partial charge on any atom is -0.507 e. The Hall–Kier alpha value is -7.65. The van der Waals surface area contributed by atoms with Crippen molar-refractivity contribution in [1.82, 2.24) is 31.1 Å². The number of carbonyl (C=O) groups is 9. The zero-order valence-corrected chi connectivity index (χ0v) is 41.7. The van der Waals surface area contributed by atoms with E-state index >= 15 is 0 Å². The third kappa shape index (κ3) is 12.5. The van der Waals surface area contributed by atoms with Crippen molar-refractivity contribution in [2.75, 3.05) is 72.0 Å². The first-order chi connectivity index (χ1) is 36.2. The molecule has 0 saturated carbocycles. The molecule has 2 fully saturated rings. The molecule has 5 unspecified atom stereocenters. The molecule has 8 rings (SSSR count). The average Bonchev–Trinajstić information content (AvgIpc) is 3.73. The van der Waals surface area contributed by atoms with E-state index in [2.05, 4.69) is 31.5 Å². The Morgan fingerprint density at radius 2 is 1.42 bits per heavy atom. The maximum Gasteiger partial charge on any atom is 0.253 e. The summed E-state index contributed by atoms with van der Waals surface area (Å²) in [6, 6.07) is 10.5. The zero-order valence-electron chi connectivity index (χ0n) is 41.7. The van der Waals surface area contributed by atoms with Gasteiger partial charge in [-0.2, -0.15) is 0 Å². The van der Waals surface area contributed by atoms with E-state index < -0.39 is 126 Å². The van der Waals surface area contributed by atoms with Gasteiger partial charge in [-0.1, -0.05) is 24.3 Å². The SMILES string of the molecule is COC1CN([C@H]2CCOC(C)C2O)CCO1.COc1cccc2c1C(=O)c1c(O)c3c(c(O)c1C2=O)CC(O)(C(=O)NCc1ccc(NC(=O)CNC(=O)CNC(=O)CNC(=O)CCN2C(=O)C=CC2=O)cc1)CC3O. The van der Waals surface area contributed by atoms with Crippen molar-refractivity contribution < 1.29 is 87.6 Å². The summed E-state index contributed by atoms with van der Waals surface area (Å²) in [5.74, 6) is -7.72. The first-order valence-electron chi connectivity index (χ1n) is 24.2. The number of imide groups is 1. The van der Waals surface area contributed by atoms with E-state index in [1.54, 1.807) is 19.2 Å². The molecule has 0 bridgehead atoms. The molecule has 6 atom stereocenters. The average molecular weight is 1060 g/mol. The van der Waals surface area contributed by atoms with Crippen LogP contribution in [-0.4, -0.2) is 185 Å². The Morgan fingerprint density at radius 3 is 2.08 bits per heavy atom. The van der Waals surface area contributed by atoms with Crippen LogP contribution in [0.1, 0.15) is 80.8 Å². The number of ether oxygens (including phenoxy) is 4. The van der Waals surface area contributed by atoms with Crippen molar-refractivity contribution in [2.24, 2.45) is 0 Å². The highest BCUT2D eigenvalue weighted by Crippen LogP contribution is 2.51. The summed E-state index contributed by atoms with van der Waals surface area (Å²) >= 11 is 0. The van der Waals surface area contributed by atoms with Crippen molar-refractivity contribution in [3.05, 3.63) is 93.6 Å². The highest BCUT2D eigenvalue weighted by atomic mass is 16.7. The quantitative estimate of drug-likeness (QED) is 0.0443. The molecular weight excluding hydrogens is 999 g/mol. The number of aliphatic hydroxyl groups is 3. The number of nitrogens with zero attached hydrogens (tertiary/aromatic N) is 2. The molecule has 0 aromatic heterocycles. The van der Waals surface area contributed by atoms with Gasteiger partial charge in [-0.25, -0.2) is 0 Å². The Bertz CT molecular complexity index is 2800. The zero-order chi connectivity index (χ0) is 55.0. The van der Waals surface area contributed by atoms with Crippen LogP contribution in [0.5, 0.6) is 17.2 Å². The van der Waals surface area contributed by atoms with Crippen LogP contribution >= 0.6 is 0 Å². The predicted molar refractivity (Wildman–Crippen MR) is 262 cm³/mol. The number of nitrogens with one attached hydrogen (secondary N) is 5. The van der Waals surface area contributed by atoms with Crippen LogP contribution < -0.4 is 31.3 Å². The number of anilines is 1. The fourth-order valence-electron chi connectivity index (χ4n) is 9.43. The summed E-state index contributed by atoms with van der Waals surface area (Å²) in [5, 5.41) is 67.1. The molecule has 25 heteroatoms. The summed E-state index contributed by atoms with van der Waals surface area (Å²) in [6.45, 7) is 3.18. The van der Waals surface area contributed by atoms with Crippen LogP contribution in [-0.2, 0) is 60.7 Å². The Balaban J connectivity index is 0.000000445. The number of aromatic hydroxyl groups is 2. The second-order valence-corrected chi connectivity index (χ2v) is 18.4. The monoisotopic (exact) mass is 1060 g/mol. The standard InChI is InChI=1S/C40H38N6O14.C11H21NO4/c1-60-24-4-2-3-21-32(24)38(57)34-33(35(21)54)36(55)22-13-40(59,14-23(47)31(22)37(34)56)39(58)44-15-19-5-7-20(8-6-19)45-28(51)18-43-27(50)17-42-26(49)16-41-25(48)11-12-46-29(52)9-10-30(46)53;1-8-11(13)9(3-5-15-8)12-4-6-16-10(7-12)14-2/h2-10,23,47,55-56,59H,11-18H2,1H3,(H,41,48)(H,42,49)(H,43,50)(H,44,58)(H,45,51);8-11,13H,3-7H2,1-2H3/t;8?,9-,10?,11?/m.0/s1. The van der Waals surface area contributed by atoms with Crippen molar-refractivity contribution in [3.63, 3.8) is 0 Å². The van der Waals surface area contributed by atoms with Gasteiger partial charge in [0.15, 0.2) is 12.1 Å². The van der Waals surface area contributed by atoms with E-state index in [-0.39, 0.29) is 65.9 Å². The molecule has 2 saturated heterocycles. The van der Waals surface area contributed by atoms with Gasteiger partial charge in [-0.05, 0) is 37.1 Å². The molecule has 3 aromatic carbocycles. The Kier molecular flexibility index (Phi) is 18.0. The molecule has 2 aliphatic carbocycles. The van der Waals surface area contributed by atoms with Crippen molar-refractivity contribution >= 4 is 58.6 Å². The molecular formula is C51H59N7O18. The van der Waals surface area contributed by atoms with Gasteiger partial charge in [0.2, 0.25) is 29.4 Å². The molecule has 10 N–H and O–H groups in total. The normalized spacial score (nSPS) is 22.8. The number of phenolic OH excluding ortho intramolecular Hbond substituents is 2. The molecule has 25 nitrogen and oxygen atoms in total. The highest BCUT2D eigenvalue weighted by Gasteiger charge is 2.49. The highest BCUT2D eigenvalue weighted by molar-refractivity contribution is 6.31. The Labute approximate surface area is 434 Å². The van der Waals surface area contributed by atoms with Gasteiger partial charge >= 0.3 is 0 Å². The fraction of sp³-hybridized carbons (Fsp3) is 0.431. The molecule has 0 spiro atoms. The van der Waals surface area contributed by atoms with E-state index in [4.69, 9.17) is 18.9 Å². The van der Waals surface area contributed by atoms with E-state index in [1.807, 2.05) is 6.92 Å². The molecule has 406 valence electrons. The third-order valence-corrected chi connectivity index (χ3v) is 13.5. The van der Waals surface area contributed by atoms with Crippen LogP contribution in [0.4, 0.5) is 5.69 Å². The number of methoxy groups -OCH3 is 2. The molecule has 5 aliphatic rings. The van der Waals surface area contributed by atoms with Gasteiger partial charge < -0.3 is 71.1 Å². The van der Waals surface area contributed by atoms with Crippen LogP contribution in [0.15, 0.2) is 54.6 Å². The van der Waals surface area contributed by atoms with E-state index in [0.29, 0.717) is 17.9 Å². The van der Waals surface area contributed by atoms with Crippen molar-refractivity contribution in [2.45, 2.75) is 75.4 Å². The van der Waals surface area contributed by atoms with Crippen molar-refractivity contribution in [3.8, 4) is 17.2 Å². The lowest BCUT2D eigenvalue weighted by Crippen LogP contribution is -2.57. The van der Waals surface area contributed by atoms with Gasteiger partial charge in [-0.15, -0.1) is 0 Å². The summed E-state index contributed by atoms with van der Waals surface area (Å²) in [6.07, 6.45) is -0.818. The first-order valence-corrected chi connectivity index (χ1v) is 24.2. The summed E-state index contributed by atoms with van der Waals surface area (Å²) in [4.78, 5) is 115. The predicted octanol–water partition coefficient (Wildman–Crippen LogP) is -1.66. The van der Waals surface area contributed by atoms with Crippen molar-refractivity contribution in [1.29, 1.82) is 0 Å². The fourth-order valence-corrected chi connectivity index (χ4v) is 9.43. The number of amides is 7. The molecule has 3 heterocycles. The number of morpholine rings is 1. The lowest BCUT2D eigenvalue weighted by Gasteiger charge is -2.43. The lowest BCUT2D eigenvalue weighted by atomic mass is 9.72. The number of phenols is 2. The number of hydrogen-bond donors (Lipinski definition) is 10. The first kappa shape index (κ1) is 56.1. The molecule has 3 aromatic rings. The number of benzene rings is 3. The van der Waals surface area contributed by atoms with Crippen LogP contribution in [0.25, 0.3) is 0 Å². The van der Waals surface area contributed by atoms with E-state index in [9.17, 15) is 68.7 Å². The minimum absolute atomic E-state index is 0.0657. The summed E-state index contributed by atoms with van der Waals surface area (Å²) in [7, 11) is 2.95. The Morgan fingerprint density at radius 1 is 0.776 bits per heavy atom. The number of hydrogen-bond acceptors (Lipinski definition) is 19. The minimum atomic E-state index is -2.32. The second-order valence-electron chi connectivity index (χ2n) is 18.4. The van der Waals surface area contributed by atoms with Crippen LogP contribution in [0.3, 0.4) is 0 Å². The summed E-state index contributed by atoms with van der Waals surface area (Å²) < 4.78 is 21.3. The van der Waals surface area contributed by atoms with E-state index in [1.165, 1.54) is 37.4 Å². The summed E-state index contributed by atoms with van der Waals surface area (Å²) in [5.41, 5.74) is -3.32. The molecule has 76 heavy (non-hydrogen) atoms. The third-order valence-electron chi connectivity index (χ3n) is 13.5. The number of aliphatic hydroxyl groups excluding tert-OH is 2. The van der Waals surface area contributed by atoms with Crippen LogP contribution in [0, 0.1) is 0 Å². The second kappa shape index (κ2) is 24.3. The number of fused-ring (bicyclic) bond motifs is 3. The number of carbonyl (C=O) groups excluding carboxylic acids is 9. The number of ketones is 2. The largest absolute Gasteiger partial charge is 0.507 e. The van der Waals surface area contributed by atoms with Gasteiger partial charge in [0.1, 0.15) is 22.8 Å². The van der Waals surface area contributed by atoms with Crippen LogP contribution in [0.2, 0.25) is 0 Å². The van der Waals surface area contributed by atoms with Gasteiger partial charge in [-0.3, -0.25) is 53.0 Å². The topological polar surface area (TPSA) is 358 Å². The molecule has 7 amide bonds. The van der Waals surface area contributed by atoms with Gasteiger partial charge in [0, 0.05) is 99.7 Å². The maximum absolute atomic E-state index is 13.5. The van der Waals surface area contributed by atoms with Gasteiger partial charge in [0.25, 0.3) is 17.7 Å². The smallest absolute Gasteiger partial charge is 0.253 e. The van der Waals surface area contributed by atoms with Gasteiger partial charge in [0.05, 0.1) is 68.4 Å². The molecule has 3 aliphatic heterocycles. The lowest BCUT2D eigenvalue weighted by molar-refractivity contribution is -0.190. The number of rotatable bonds is 16. The molecule has 0 radical (unpaired) electrons. The van der Waals surface area contributed by atoms with E-state index in [0.717, 1.165) is 43.2 Å². The maximum atomic E-state index is 13.5.